The van der Waals surface area contributed by atoms with Gasteiger partial charge < -0.3 is 15.0 Å². The average Bonchev–Trinajstić information content (AvgIpc) is 3.29. The summed E-state index contributed by atoms with van der Waals surface area (Å²) in [4.78, 5) is 31.6. The number of esters is 1. The van der Waals surface area contributed by atoms with Gasteiger partial charge in [-0.05, 0) is 50.6 Å². The van der Waals surface area contributed by atoms with Gasteiger partial charge in [0.25, 0.3) is 15.9 Å². The number of H-pyrrole nitrogens is 1. The number of anilines is 2. The number of nitrogens with one attached hydrogen (secondary N) is 3. The third kappa shape index (κ3) is 4.52. The second-order valence-corrected chi connectivity index (χ2v) is 8.84. The molecule has 3 rings (SSSR count). The Morgan fingerprint density at radius 3 is 2.50 bits per heavy atom. The number of benzene rings is 1. The van der Waals surface area contributed by atoms with Crippen molar-refractivity contribution in [2.24, 2.45) is 0 Å². The smallest absolute Gasteiger partial charge is 0.340 e. The molecule has 1 aromatic carbocycles. The molecule has 0 atom stereocenters. The number of aromatic amines is 1. The van der Waals surface area contributed by atoms with Crippen molar-refractivity contribution in [3.8, 4) is 0 Å². The van der Waals surface area contributed by atoms with Crippen LogP contribution in [0.1, 0.15) is 39.0 Å². The molecule has 0 bridgehead atoms. The van der Waals surface area contributed by atoms with Gasteiger partial charge in [-0.1, -0.05) is 0 Å². The normalized spacial score (nSPS) is 11.2. The highest BCUT2D eigenvalue weighted by atomic mass is 32.2. The van der Waals surface area contributed by atoms with Crippen molar-refractivity contribution in [1.29, 1.82) is 0 Å². The van der Waals surface area contributed by atoms with Crippen LogP contribution < -0.4 is 10.0 Å². The molecule has 2 aromatic heterocycles. The fourth-order valence-electron chi connectivity index (χ4n) is 2.85. The highest BCUT2D eigenvalue weighted by molar-refractivity contribution is 7.93. The lowest BCUT2D eigenvalue weighted by molar-refractivity contribution is 0.0525. The fourth-order valence-corrected chi connectivity index (χ4v) is 4.63. The minimum Gasteiger partial charge on any atom is -0.462 e. The lowest BCUT2D eigenvalue weighted by Gasteiger charge is -2.08. The van der Waals surface area contributed by atoms with Gasteiger partial charge in [0.15, 0.2) is 5.13 Å². The SMILES string of the molecule is CCOC(=O)c1c(C)[nH]c(C(=O)Nc2ccc(S(=O)(=O)Nc3nccs3)cc2)c1C. The molecular weight excluding hydrogens is 428 g/mol. The first kappa shape index (κ1) is 21.5. The molecule has 30 heavy (non-hydrogen) atoms. The van der Waals surface area contributed by atoms with Crippen LogP contribution in [0.2, 0.25) is 0 Å². The largest absolute Gasteiger partial charge is 0.462 e. The molecule has 3 N–H and O–H groups in total. The Kier molecular flexibility index (Phi) is 6.22. The minimum absolute atomic E-state index is 0.0344. The zero-order valence-electron chi connectivity index (χ0n) is 16.5. The van der Waals surface area contributed by atoms with Gasteiger partial charge >= 0.3 is 5.97 Å². The van der Waals surface area contributed by atoms with Gasteiger partial charge in [0.1, 0.15) is 5.69 Å². The van der Waals surface area contributed by atoms with Crippen LogP contribution in [-0.2, 0) is 14.8 Å². The van der Waals surface area contributed by atoms with Gasteiger partial charge in [0.2, 0.25) is 0 Å². The predicted molar refractivity (Wildman–Crippen MR) is 114 cm³/mol. The maximum absolute atomic E-state index is 12.6. The van der Waals surface area contributed by atoms with Gasteiger partial charge in [-0.2, -0.15) is 0 Å². The lowest BCUT2D eigenvalue weighted by atomic mass is 10.1. The number of aromatic nitrogens is 2. The quantitative estimate of drug-likeness (QED) is 0.475. The number of amides is 1. The van der Waals surface area contributed by atoms with E-state index >= 15 is 0 Å². The predicted octanol–water partition coefficient (Wildman–Crippen LogP) is 3.32. The number of ether oxygens (including phenoxy) is 1. The van der Waals surface area contributed by atoms with Crippen molar-refractivity contribution >= 4 is 44.1 Å². The molecule has 9 nitrogen and oxygen atoms in total. The van der Waals surface area contributed by atoms with Gasteiger partial charge in [-0.25, -0.2) is 18.2 Å². The molecule has 0 aliphatic carbocycles. The second-order valence-electron chi connectivity index (χ2n) is 6.27. The molecular formula is C19H20N4O5S2. The van der Waals surface area contributed by atoms with Crippen LogP contribution in [0.15, 0.2) is 40.7 Å². The Bertz CT molecular complexity index is 1170. The summed E-state index contributed by atoms with van der Waals surface area (Å²) in [7, 11) is -3.78. The van der Waals surface area contributed by atoms with Gasteiger partial charge in [-0.3, -0.25) is 9.52 Å². The highest BCUT2D eigenvalue weighted by Gasteiger charge is 2.23. The van der Waals surface area contributed by atoms with Crippen LogP contribution in [0, 0.1) is 13.8 Å². The molecule has 3 aromatic rings. The molecule has 0 unspecified atom stereocenters. The van der Waals surface area contributed by atoms with E-state index in [-0.39, 0.29) is 22.3 Å². The Balaban J connectivity index is 1.75. The summed E-state index contributed by atoms with van der Waals surface area (Å²) in [6.45, 7) is 5.28. The first-order chi connectivity index (χ1) is 14.2. The van der Waals surface area contributed by atoms with Crippen LogP contribution in [0.3, 0.4) is 0 Å². The van der Waals surface area contributed by atoms with E-state index in [0.717, 1.165) is 0 Å². The monoisotopic (exact) mass is 448 g/mol. The number of hydrogen-bond donors (Lipinski definition) is 3. The van der Waals surface area contributed by atoms with Crippen LogP contribution in [0.4, 0.5) is 10.8 Å². The van der Waals surface area contributed by atoms with Gasteiger partial charge in [-0.15, -0.1) is 11.3 Å². The number of carbonyl (C=O) groups is 2. The molecule has 0 radical (unpaired) electrons. The summed E-state index contributed by atoms with van der Waals surface area (Å²) in [6.07, 6.45) is 1.50. The van der Waals surface area contributed by atoms with E-state index in [2.05, 4.69) is 20.0 Å². The number of nitrogens with zero attached hydrogens (tertiary/aromatic N) is 1. The maximum atomic E-state index is 12.6. The van der Waals surface area contributed by atoms with E-state index in [9.17, 15) is 18.0 Å². The molecule has 0 aliphatic rings. The summed E-state index contributed by atoms with van der Waals surface area (Å²) in [6, 6.07) is 5.71. The van der Waals surface area contributed by atoms with E-state index in [0.29, 0.717) is 22.5 Å². The Labute approximate surface area is 177 Å². The molecule has 0 fully saturated rings. The van der Waals surface area contributed by atoms with Gasteiger partial charge in [0, 0.05) is 23.0 Å². The highest BCUT2D eigenvalue weighted by Crippen LogP contribution is 2.22. The Hall–Kier alpha value is -3.18. The zero-order valence-corrected chi connectivity index (χ0v) is 18.1. The standard InChI is InChI=1S/C19H20N4O5S2/c1-4-28-18(25)15-11(2)16(21-12(15)3)17(24)22-13-5-7-14(8-6-13)30(26,27)23-19-20-9-10-29-19/h5-10,21H,4H2,1-3H3,(H,20,23)(H,22,24). The summed E-state index contributed by atoms with van der Waals surface area (Å²) in [5.41, 5.74) is 1.98. The van der Waals surface area contributed by atoms with Crippen molar-refractivity contribution in [1.82, 2.24) is 9.97 Å². The number of aryl methyl sites for hydroxylation is 1. The van der Waals surface area contributed by atoms with Crippen LogP contribution in [0.5, 0.6) is 0 Å². The van der Waals surface area contributed by atoms with E-state index in [1.807, 2.05) is 0 Å². The van der Waals surface area contributed by atoms with Gasteiger partial charge in [0.05, 0.1) is 17.1 Å². The fraction of sp³-hybridized carbons (Fsp3) is 0.211. The van der Waals surface area contributed by atoms with Crippen LogP contribution >= 0.6 is 11.3 Å². The second kappa shape index (κ2) is 8.67. The summed E-state index contributed by atoms with van der Waals surface area (Å²) >= 11 is 1.17. The molecule has 0 saturated carbocycles. The third-order valence-corrected chi connectivity index (χ3v) is 6.39. The first-order valence-electron chi connectivity index (χ1n) is 8.93. The number of carbonyl (C=O) groups excluding carboxylic acids is 2. The molecule has 158 valence electrons. The number of sulfonamides is 1. The van der Waals surface area contributed by atoms with E-state index < -0.39 is 21.9 Å². The maximum Gasteiger partial charge on any atom is 0.340 e. The molecule has 0 aliphatic heterocycles. The van der Waals surface area contributed by atoms with E-state index in [1.165, 1.54) is 41.8 Å². The lowest BCUT2D eigenvalue weighted by Crippen LogP contribution is -2.15. The molecule has 0 saturated heterocycles. The van der Waals surface area contributed by atoms with Crippen LogP contribution in [0.25, 0.3) is 0 Å². The Morgan fingerprint density at radius 1 is 1.20 bits per heavy atom. The van der Waals surface area contributed by atoms with Crippen molar-refractivity contribution in [2.45, 2.75) is 25.7 Å². The molecule has 1 amide bonds. The third-order valence-electron chi connectivity index (χ3n) is 4.22. The molecule has 0 spiro atoms. The van der Waals surface area contributed by atoms with E-state index in [1.54, 1.807) is 26.2 Å². The van der Waals surface area contributed by atoms with E-state index in [4.69, 9.17) is 4.74 Å². The topological polar surface area (TPSA) is 130 Å². The average molecular weight is 449 g/mol. The molecule has 11 heteroatoms. The summed E-state index contributed by atoms with van der Waals surface area (Å²) < 4.78 is 32.2. The van der Waals surface area contributed by atoms with Crippen molar-refractivity contribution < 1.29 is 22.7 Å². The first-order valence-corrected chi connectivity index (χ1v) is 11.3. The number of thiazole rings is 1. The van der Waals surface area contributed by atoms with Crippen LogP contribution in [-0.4, -0.2) is 36.9 Å². The van der Waals surface area contributed by atoms with Crippen molar-refractivity contribution in [2.75, 3.05) is 16.6 Å². The summed E-state index contributed by atoms with van der Waals surface area (Å²) in [5, 5.41) is 4.61. The van der Waals surface area contributed by atoms with Crippen molar-refractivity contribution in [3.05, 3.63) is 58.4 Å². The number of hydrogen-bond acceptors (Lipinski definition) is 7. The molecule has 2 heterocycles. The minimum atomic E-state index is -3.78. The van der Waals surface area contributed by atoms with Crippen molar-refractivity contribution in [3.63, 3.8) is 0 Å². The Morgan fingerprint density at radius 2 is 1.90 bits per heavy atom. The summed E-state index contributed by atoms with van der Waals surface area (Å²) in [5.74, 6) is -0.951. The number of rotatable bonds is 7. The zero-order chi connectivity index (χ0) is 21.9.